The van der Waals surface area contributed by atoms with Crippen molar-refractivity contribution in [2.45, 2.75) is 6.54 Å². The molecular formula is C16H14F2N2. The number of halogens is 2. The molecule has 20 heavy (non-hydrogen) atoms. The Morgan fingerprint density at radius 2 is 1.65 bits per heavy atom. The Morgan fingerprint density at radius 1 is 0.950 bits per heavy atom. The quantitative estimate of drug-likeness (QED) is 0.837. The van der Waals surface area contributed by atoms with E-state index in [0.717, 1.165) is 5.56 Å². The van der Waals surface area contributed by atoms with Crippen molar-refractivity contribution in [3.63, 3.8) is 0 Å². The average molecular weight is 272 g/mol. The molecule has 2 aromatic rings. The van der Waals surface area contributed by atoms with E-state index < -0.39 is 11.6 Å². The summed E-state index contributed by atoms with van der Waals surface area (Å²) in [6.07, 6.45) is 0. The maximum absolute atomic E-state index is 13.9. The predicted octanol–water partition coefficient (Wildman–Crippen LogP) is 3.23. The molecule has 4 heteroatoms. The van der Waals surface area contributed by atoms with E-state index in [1.165, 1.54) is 18.2 Å². The summed E-state index contributed by atoms with van der Waals surface area (Å²) in [6, 6.07) is 13.7. The Morgan fingerprint density at radius 3 is 2.35 bits per heavy atom. The molecule has 0 aliphatic carbocycles. The second-order valence-corrected chi connectivity index (χ2v) is 4.71. The topological polar surface area (TPSA) is 15.6 Å². The van der Waals surface area contributed by atoms with Gasteiger partial charge in [0, 0.05) is 13.1 Å². The minimum absolute atomic E-state index is 0.0269. The van der Waals surface area contributed by atoms with Crippen LogP contribution >= 0.6 is 0 Å². The van der Waals surface area contributed by atoms with Crippen LogP contribution in [-0.4, -0.2) is 23.8 Å². The van der Waals surface area contributed by atoms with E-state index in [1.807, 2.05) is 35.2 Å². The van der Waals surface area contributed by atoms with Gasteiger partial charge in [0.25, 0.3) is 0 Å². The van der Waals surface area contributed by atoms with E-state index in [1.54, 1.807) is 0 Å². The van der Waals surface area contributed by atoms with Gasteiger partial charge < -0.3 is 4.90 Å². The number of amidine groups is 1. The fourth-order valence-corrected chi connectivity index (χ4v) is 2.39. The average Bonchev–Trinajstić information content (AvgIpc) is 2.88. The van der Waals surface area contributed by atoms with Crippen molar-refractivity contribution in [1.82, 2.24) is 4.90 Å². The molecule has 1 heterocycles. The van der Waals surface area contributed by atoms with E-state index in [-0.39, 0.29) is 5.56 Å². The lowest BCUT2D eigenvalue weighted by Gasteiger charge is -2.21. The number of rotatable bonds is 3. The highest BCUT2D eigenvalue weighted by molar-refractivity contribution is 6.00. The summed E-state index contributed by atoms with van der Waals surface area (Å²) in [6.45, 7) is 1.85. The Labute approximate surface area is 116 Å². The largest absolute Gasteiger partial charge is 0.350 e. The van der Waals surface area contributed by atoms with Crippen LogP contribution in [-0.2, 0) is 6.54 Å². The maximum Gasteiger partial charge on any atom is 0.137 e. The summed E-state index contributed by atoms with van der Waals surface area (Å²) in [5.74, 6) is -0.725. The van der Waals surface area contributed by atoms with Crippen LogP contribution in [0.1, 0.15) is 11.1 Å². The van der Waals surface area contributed by atoms with E-state index in [2.05, 4.69) is 4.99 Å². The molecule has 2 aromatic carbocycles. The van der Waals surface area contributed by atoms with Crippen LogP contribution in [0.2, 0.25) is 0 Å². The standard InChI is InChI=1S/C16H14F2N2/c17-13-7-4-8-14(18)15(13)16-19-9-10-20(16)11-12-5-2-1-3-6-12/h1-8H,9-11H2. The van der Waals surface area contributed by atoms with Crippen LogP contribution < -0.4 is 0 Å². The summed E-state index contributed by atoms with van der Waals surface area (Å²) >= 11 is 0. The van der Waals surface area contributed by atoms with E-state index in [4.69, 9.17) is 0 Å². The van der Waals surface area contributed by atoms with Gasteiger partial charge in [0.15, 0.2) is 0 Å². The predicted molar refractivity (Wildman–Crippen MR) is 74.6 cm³/mol. The SMILES string of the molecule is Fc1cccc(F)c1C1=NCCN1Cc1ccccc1. The molecule has 0 bridgehead atoms. The van der Waals surface area contributed by atoms with Gasteiger partial charge in [-0.3, -0.25) is 4.99 Å². The third-order valence-corrected chi connectivity index (χ3v) is 3.33. The number of hydrogen-bond acceptors (Lipinski definition) is 2. The maximum atomic E-state index is 13.9. The normalized spacial score (nSPS) is 14.5. The van der Waals surface area contributed by atoms with Crippen molar-refractivity contribution < 1.29 is 8.78 Å². The van der Waals surface area contributed by atoms with Crippen molar-refractivity contribution >= 4 is 5.84 Å². The summed E-state index contributed by atoms with van der Waals surface area (Å²) < 4.78 is 27.7. The summed E-state index contributed by atoms with van der Waals surface area (Å²) in [5, 5.41) is 0. The highest BCUT2D eigenvalue weighted by Gasteiger charge is 2.24. The molecule has 2 nitrogen and oxygen atoms in total. The Bertz CT molecular complexity index is 618. The molecule has 0 unspecified atom stereocenters. The van der Waals surface area contributed by atoms with Crippen LogP contribution in [0, 0.1) is 11.6 Å². The van der Waals surface area contributed by atoms with Gasteiger partial charge in [-0.2, -0.15) is 0 Å². The zero-order valence-electron chi connectivity index (χ0n) is 10.9. The van der Waals surface area contributed by atoms with Crippen molar-refractivity contribution in [1.29, 1.82) is 0 Å². The molecule has 1 aliphatic rings. The van der Waals surface area contributed by atoms with Crippen LogP contribution in [0.3, 0.4) is 0 Å². The van der Waals surface area contributed by atoms with Gasteiger partial charge >= 0.3 is 0 Å². The van der Waals surface area contributed by atoms with Gasteiger partial charge in [-0.05, 0) is 17.7 Å². The lowest BCUT2D eigenvalue weighted by molar-refractivity contribution is 0.447. The molecule has 0 saturated carbocycles. The summed E-state index contributed by atoms with van der Waals surface area (Å²) in [7, 11) is 0. The molecule has 0 radical (unpaired) electrons. The van der Waals surface area contributed by atoms with E-state index in [0.29, 0.717) is 25.5 Å². The first-order valence-corrected chi connectivity index (χ1v) is 6.53. The second kappa shape index (κ2) is 5.41. The first kappa shape index (κ1) is 12.8. The molecule has 0 N–H and O–H groups in total. The van der Waals surface area contributed by atoms with E-state index in [9.17, 15) is 8.78 Å². The van der Waals surface area contributed by atoms with E-state index >= 15 is 0 Å². The van der Waals surface area contributed by atoms with Crippen molar-refractivity contribution in [3.8, 4) is 0 Å². The van der Waals surface area contributed by atoms with Crippen LogP contribution in [0.4, 0.5) is 8.78 Å². The Hall–Kier alpha value is -2.23. The monoisotopic (exact) mass is 272 g/mol. The fraction of sp³-hybridized carbons (Fsp3) is 0.188. The highest BCUT2D eigenvalue weighted by Crippen LogP contribution is 2.20. The van der Waals surface area contributed by atoms with Crippen molar-refractivity contribution in [3.05, 3.63) is 71.3 Å². The molecule has 0 aromatic heterocycles. The molecular weight excluding hydrogens is 258 g/mol. The lowest BCUT2D eigenvalue weighted by Crippen LogP contribution is -2.29. The zero-order valence-corrected chi connectivity index (χ0v) is 10.9. The highest BCUT2D eigenvalue weighted by atomic mass is 19.1. The van der Waals surface area contributed by atoms with Gasteiger partial charge in [0.05, 0.1) is 12.1 Å². The second-order valence-electron chi connectivity index (χ2n) is 4.71. The Kier molecular flexibility index (Phi) is 3.46. The van der Waals surface area contributed by atoms with Gasteiger partial charge in [-0.1, -0.05) is 36.4 Å². The van der Waals surface area contributed by atoms with Crippen LogP contribution in [0.5, 0.6) is 0 Å². The number of benzene rings is 2. The molecule has 0 saturated heterocycles. The molecule has 102 valence electrons. The molecule has 1 aliphatic heterocycles. The van der Waals surface area contributed by atoms with Crippen molar-refractivity contribution in [2.24, 2.45) is 4.99 Å². The summed E-state index contributed by atoms with van der Waals surface area (Å²) in [4.78, 5) is 6.18. The third-order valence-electron chi connectivity index (χ3n) is 3.33. The minimum atomic E-state index is -0.566. The first-order chi connectivity index (χ1) is 9.75. The number of hydrogen-bond donors (Lipinski definition) is 0. The molecule has 3 rings (SSSR count). The van der Waals surface area contributed by atoms with Crippen molar-refractivity contribution in [2.75, 3.05) is 13.1 Å². The minimum Gasteiger partial charge on any atom is -0.350 e. The van der Waals surface area contributed by atoms with Gasteiger partial charge in [-0.15, -0.1) is 0 Å². The molecule has 0 fully saturated rings. The summed E-state index contributed by atoms with van der Waals surface area (Å²) in [5.41, 5.74) is 1.07. The third kappa shape index (κ3) is 2.41. The van der Waals surface area contributed by atoms with Crippen LogP contribution in [0.15, 0.2) is 53.5 Å². The molecule has 0 amide bonds. The van der Waals surface area contributed by atoms with Gasteiger partial charge in [-0.25, -0.2) is 8.78 Å². The Balaban J connectivity index is 1.90. The lowest BCUT2D eigenvalue weighted by atomic mass is 10.1. The smallest absolute Gasteiger partial charge is 0.137 e. The first-order valence-electron chi connectivity index (χ1n) is 6.53. The van der Waals surface area contributed by atoms with Gasteiger partial charge in [0.2, 0.25) is 0 Å². The van der Waals surface area contributed by atoms with Gasteiger partial charge in [0.1, 0.15) is 17.5 Å². The number of aliphatic imine (C=N–C) groups is 1. The zero-order chi connectivity index (χ0) is 13.9. The fourth-order valence-electron chi connectivity index (χ4n) is 2.39. The molecule has 0 spiro atoms. The molecule has 0 atom stereocenters. The number of nitrogens with zero attached hydrogens (tertiary/aromatic N) is 2. The van der Waals surface area contributed by atoms with Crippen LogP contribution in [0.25, 0.3) is 0 Å².